The molecule has 0 radical (unpaired) electrons. The van der Waals surface area contributed by atoms with Crippen molar-refractivity contribution >= 4 is 17.5 Å². The van der Waals surface area contributed by atoms with Gasteiger partial charge in [-0.25, -0.2) is 0 Å². The lowest BCUT2D eigenvalue weighted by molar-refractivity contribution is -0.162. The van der Waals surface area contributed by atoms with Crippen molar-refractivity contribution in [2.75, 3.05) is 31.6 Å². The van der Waals surface area contributed by atoms with E-state index in [-0.39, 0.29) is 6.54 Å². The molecular weight excluding hydrogens is 286 g/mol. The quantitative estimate of drug-likeness (QED) is 0.598. The van der Waals surface area contributed by atoms with Gasteiger partial charge in [0, 0.05) is 18.8 Å². The first-order chi connectivity index (χ1) is 10.7. The van der Waals surface area contributed by atoms with E-state index in [2.05, 4.69) is 5.43 Å². The number of hydrogen-bond donors (Lipinski definition) is 1. The molecule has 0 aromatic heterocycles. The molecule has 0 aliphatic carbocycles. The van der Waals surface area contributed by atoms with Crippen LogP contribution in [0.3, 0.4) is 0 Å². The summed E-state index contributed by atoms with van der Waals surface area (Å²) in [5.74, 6) is -0.543. The maximum absolute atomic E-state index is 12.1. The average molecular weight is 301 g/mol. The lowest BCUT2D eigenvalue weighted by Crippen LogP contribution is -2.67. The minimum Gasteiger partial charge on any atom is -0.497 e. The van der Waals surface area contributed by atoms with Crippen LogP contribution in [0.15, 0.2) is 24.3 Å². The molecule has 2 aliphatic heterocycles. The van der Waals surface area contributed by atoms with Crippen LogP contribution in [0.1, 0.15) is 0 Å². The van der Waals surface area contributed by atoms with E-state index in [0.29, 0.717) is 13.1 Å². The normalized spacial score (nSPS) is 20.9. The van der Waals surface area contributed by atoms with Crippen LogP contribution < -0.4 is 15.1 Å². The van der Waals surface area contributed by atoms with Gasteiger partial charge in [0.1, 0.15) is 12.3 Å². The van der Waals surface area contributed by atoms with E-state index in [1.807, 2.05) is 35.2 Å². The highest BCUT2D eigenvalue weighted by molar-refractivity contribution is 6.35. The Morgan fingerprint density at radius 1 is 1.23 bits per heavy atom. The zero-order chi connectivity index (χ0) is 15.7. The molecule has 0 bridgehead atoms. The highest BCUT2D eigenvalue weighted by Gasteiger charge is 2.45. The summed E-state index contributed by atoms with van der Waals surface area (Å²) in [7, 11) is 1.60. The Morgan fingerprint density at radius 3 is 2.55 bits per heavy atom. The highest BCUT2D eigenvalue weighted by atomic mass is 16.5. The number of nitrogens with zero attached hydrogens (tertiary/aromatic N) is 4. The van der Waals surface area contributed by atoms with E-state index in [0.717, 1.165) is 16.4 Å². The van der Waals surface area contributed by atoms with Gasteiger partial charge in [-0.3, -0.25) is 19.5 Å². The number of amides is 2. The fourth-order valence-electron chi connectivity index (χ4n) is 2.65. The van der Waals surface area contributed by atoms with Crippen LogP contribution in [0.4, 0.5) is 5.69 Å². The van der Waals surface area contributed by atoms with Crippen molar-refractivity contribution in [3.05, 3.63) is 24.3 Å². The third-order valence-corrected chi connectivity index (χ3v) is 3.77. The van der Waals surface area contributed by atoms with Crippen molar-refractivity contribution in [1.29, 1.82) is 5.26 Å². The molecule has 1 atom stereocenters. The lowest BCUT2D eigenvalue weighted by Gasteiger charge is -2.39. The summed E-state index contributed by atoms with van der Waals surface area (Å²) in [6.07, 6.45) is -0.466. The molecule has 0 spiro atoms. The van der Waals surface area contributed by atoms with Gasteiger partial charge in [0.15, 0.2) is 6.29 Å². The number of fused-ring (bicyclic) bond motifs is 1. The monoisotopic (exact) mass is 301 g/mol. The number of methoxy groups -OCH3 is 1. The Kier molecular flexibility index (Phi) is 3.56. The highest BCUT2D eigenvalue weighted by Crippen LogP contribution is 2.26. The number of carbonyl (C=O) groups is 2. The number of carbonyl (C=O) groups excluding carboxylic acids is 2. The van der Waals surface area contributed by atoms with Crippen molar-refractivity contribution in [2.45, 2.75) is 6.29 Å². The Balaban J connectivity index is 1.84. The minimum absolute atomic E-state index is 0.175. The smallest absolute Gasteiger partial charge is 0.327 e. The summed E-state index contributed by atoms with van der Waals surface area (Å²) in [5.41, 5.74) is 3.84. The minimum atomic E-state index is -0.700. The molecule has 1 unspecified atom stereocenters. The number of benzene rings is 1. The molecule has 114 valence electrons. The number of anilines is 1. The molecule has 2 heterocycles. The molecule has 2 saturated heterocycles. The molecule has 2 aliphatic rings. The first kappa shape index (κ1) is 14.2. The van der Waals surface area contributed by atoms with Crippen LogP contribution in [-0.2, 0) is 9.59 Å². The molecule has 0 saturated carbocycles. The van der Waals surface area contributed by atoms with Gasteiger partial charge < -0.3 is 9.64 Å². The van der Waals surface area contributed by atoms with E-state index in [1.54, 1.807) is 7.11 Å². The summed E-state index contributed by atoms with van der Waals surface area (Å²) in [5, 5.41) is 9.83. The first-order valence-electron chi connectivity index (χ1n) is 6.82. The van der Waals surface area contributed by atoms with E-state index in [9.17, 15) is 9.59 Å². The SMILES string of the molecule is COc1ccc(N2CCN3C(=O)C(=O)N(CC#N)NC32)cc1. The van der Waals surface area contributed by atoms with Gasteiger partial charge in [0.05, 0.1) is 13.2 Å². The van der Waals surface area contributed by atoms with E-state index in [1.165, 1.54) is 4.90 Å². The summed E-state index contributed by atoms with van der Waals surface area (Å²) in [4.78, 5) is 27.4. The summed E-state index contributed by atoms with van der Waals surface area (Å²) >= 11 is 0. The largest absolute Gasteiger partial charge is 0.497 e. The van der Waals surface area contributed by atoms with E-state index in [4.69, 9.17) is 10.00 Å². The van der Waals surface area contributed by atoms with Crippen LogP contribution in [0, 0.1) is 11.3 Å². The Labute approximate surface area is 127 Å². The van der Waals surface area contributed by atoms with Crippen molar-refractivity contribution in [3.8, 4) is 11.8 Å². The van der Waals surface area contributed by atoms with Gasteiger partial charge in [-0.05, 0) is 24.3 Å². The molecule has 1 aromatic carbocycles. The molecule has 8 heteroatoms. The second-order valence-electron chi connectivity index (χ2n) is 4.94. The number of ether oxygens (including phenoxy) is 1. The van der Waals surface area contributed by atoms with Gasteiger partial charge in [0.25, 0.3) is 0 Å². The van der Waals surface area contributed by atoms with E-state index < -0.39 is 18.1 Å². The number of nitriles is 1. The first-order valence-corrected chi connectivity index (χ1v) is 6.82. The maximum Gasteiger partial charge on any atom is 0.327 e. The second kappa shape index (κ2) is 5.54. The van der Waals surface area contributed by atoms with Crippen LogP contribution in [0.2, 0.25) is 0 Å². The summed E-state index contributed by atoms with van der Waals surface area (Å²) in [6, 6.07) is 9.32. The third-order valence-electron chi connectivity index (χ3n) is 3.77. The topological polar surface area (TPSA) is 88.9 Å². The third kappa shape index (κ3) is 2.21. The number of hydrogen-bond acceptors (Lipinski definition) is 6. The van der Waals surface area contributed by atoms with Crippen molar-refractivity contribution in [1.82, 2.24) is 15.3 Å². The summed E-state index contributed by atoms with van der Waals surface area (Å²) < 4.78 is 5.13. The predicted octanol–water partition coefficient (Wildman–Crippen LogP) is -0.502. The van der Waals surface area contributed by atoms with Crippen molar-refractivity contribution < 1.29 is 14.3 Å². The Bertz CT molecular complexity index is 639. The van der Waals surface area contributed by atoms with Crippen LogP contribution >= 0.6 is 0 Å². The number of nitrogens with one attached hydrogen (secondary N) is 1. The Hall–Kier alpha value is -2.79. The molecule has 3 rings (SSSR count). The van der Waals surface area contributed by atoms with Crippen molar-refractivity contribution in [3.63, 3.8) is 0 Å². The zero-order valence-electron chi connectivity index (χ0n) is 12.0. The molecular formula is C14H15N5O3. The van der Waals surface area contributed by atoms with E-state index >= 15 is 0 Å². The van der Waals surface area contributed by atoms with Crippen LogP contribution in [-0.4, -0.2) is 54.8 Å². The maximum atomic E-state index is 12.1. The fraction of sp³-hybridized carbons (Fsp3) is 0.357. The number of rotatable bonds is 3. The van der Waals surface area contributed by atoms with Gasteiger partial charge >= 0.3 is 11.8 Å². The van der Waals surface area contributed by atoms with Gasteiger partial charge in [0.2, 0.25) is 0 Å². The summed E-state index contributed by atoms with van der Waals surface area (Å²) in [6.45, 7) is 0.878. The van der Waals surface area contributed by atoms with Crippen molar-refractivity contribution in [2.24, 2.45) is 0 Å². The van der Waals surface area contributed by atoms with Crippen LogP contribution in [0.5, 0.6) is 5.75 Å². The Morgan fingerprint density at radius 2 is 1.91 bits per heavy atom. The van der Waals surface area contributed by atoms with Gasteiger partial charge in [-0.2, -0.15) is 10.7 Å². The van der Waals surface area contributed by atoms with Gasteiger partial charge in [-0.15, -0.1) is 0 Å². The molecule has 1 aromatic rings. The molecule has 22 heavy (non-hydrogen) atoms. The zero-order valence-corrected chi connectivity index (χ0v) is 12.0. The fourth-order valence-corrected chi connectivity index (χ4v) is 2.65. The second-order valence-corrected chi connectivity index (χ2v) is 4.94. The van der Waals surface area contributed by atoms with Crippen LogP contribution in [0.25, 0.3) is 0 Å². The van der Waals surface area contributed by atoms with Gasteiger partial charge in [-0.1, -0.05) is 0 Å². The molecule has 2 amide bonds. The molecule has 1 N–H and O–H groups in total. The molecule has 2 fully saturated rings. The number of hydrazine groups is 1. The molecule has 8 nitrogen and oxygen atoms in total. The standard InChI is InChI=1S/C14H15N5O3/c1-22-11-4-2-10(3-5-11)17-8-9-18-12(20)13(21)19(7-6-15)16-14(17)18/h2-5,14,16H,7-9H2,1H3. The predicted molar refractivity (Wildman–Crippen MR) is 76.3 cm³/mol. The average Bonchev–Trinajstić information content (AvgIpc) is 2.96. The lowest BCUT2D eigenvalue weighted by atomic mass is 10.3.